The highest BCUT2D eigenvalue weighted by atomic mass is 35.5. The van der Waals surface area contributed by atoms with E-state index in [4.69, 9.17) is 54.5 Å². The highest BCUT2D eigenvalue weighted by Crippen LogP contribution is 2.43. The Labute approximate surface area is 624 Å². The lowest BCUT2D eigenvalue weighted by atomic mass is 9.99. The quantitative estimate of drug-likeness (QED) is 0.0730. The molecule has 28 heteroatoms. The zero-order valence-electron chi connectivity index (χ0n) is 58.7. The molecular formula is C75H79Cl3N18O4S3. The van der Waals surface area contributed by atoms with Gasteiger partial charge in [-0.25, -0.2) is 0 Å². The van der Waals surface area contributed by atoms with Crippen LogP contribution < -0.4 is 16.0 Å². The molecule has 4 aliphatic rings. The molecule has 3 amide bonds. The van der Waals surface area contributed by atoms with Crippen molar-refractivity contribution in [2.75, 3.05) is 52.5 Å². The maximum Gasteiger partial charge on any atom is 0.222 e. The van der Waals surface area contributed by atoms with E-state index in [2.05, 4.69) is 107 Å². The summed E-state index contributed by atoms with van der Waals surface area (Å²) in [6, 6.07) is 29.8. The molecule has 0 saturated carbocycles. The molecule has 0 spiro atoms. The fraction of sp³-hybridized carbons (Fsp3) is 0.333. The van der Waals surface area contributed by atoms with E-state index in [9.17, 15) is 14.4 Å². The standard InChI is InChI=1S/C25H29ClN6O2S.2C25H25ClN6OS/c1-15-16(2)35-25-22(15)23(18-4-6-19(26)7-5-18)28-20(24-30-29-17(3)32(24)25)14-27-21(33)8-9-31-10-12-34-13-11-31;1-15-16(2)34-25-22(15)23(18-6-8-19(26)9-7-18)28-20(24-30-29-17(3)32(24)25)14-21(33)27-10-13-31-11-4-5-12-31;1-15-16(2)34-25-22(15)23(18-6-8-19(26)9-7-18)28-20(24-30-29-17(3)32(24)25)14-27-21(33)10-13-31-11-4-5-12-31/h4-7,20H,8-14H2,1-3H3,(H,27,33);2*4-9,11-12,20H,10,13-14H2,1-3H3,(H,27,33)/t3*20-/m000/s1. The van der Waals surface area contributed by atoms with Crippen molar-refractivity contribution in [2.45, 2.75) is 113 Å². The number of hydrogen-bond donors (Lipinski definition) is 3. The third kappa shape index (κ3) is 15.9. The van der Waals surface area contributed by atoms with Crippen molar-refractivity contribution in [3.05, 3.63) is 237 Å². The number of aromatic nitrogens is 11. The van der Waals surface area contributed by atoms with Gasteiger partial charge in [-0.15, -0.1) is 64.6 Å². The summed E-state index contributed by atoms with van der Waals surface area (Å²) in [5, 5.41) is 40.8. The van der Waals surface area contributed by atoms with Gasteiger partial charge in [0.05, 0.1) is 36.8 Å². The molecular weight excluding hydrogens is 1420 g/mol. The number of carbonyl (C=O) groups excluding carboxylic acids is 3. The molecule has 103 heavy (non-hydrogen) atoms. The number of ether oxygens (including phenoxy) is 1. The molecule has 12 heterocycles. The summed E-state index contributed by atoms with van der Waals surface area (Å²) in [6.45, 7) is 25.1. The molecule has 0 unspecified atom stereocenters. The number of hydrogen-bond acceptors (Lipinski definition) is 17. The third-order valence-electron chi connectivity index (χ3n) is 18.8. The molecule has 15 rings (SSSR count). The second-order valence-electron chi connectivity index (χ2n) is 25.7. The molecule has 1 fully saturated rings. The normalized spacial score (nSPS) is 15.9. The van der Waals surface area contributed by atoms with Crippen LogP contribution in [0, 0.1) is 62.3 Å². The number of amides is 3. The highest BCUT2D eigenvalue weighted by molar-refractivity contribution is 7.15. The molecule has 0 aliphatic carbocycles. The lowest BCUT2D eigenvalue weighted by Gasteiger charge is -2.26. The SMILES string of the molecule is Cc1sc2c(c1C)C(c1ccc(Cl)cc1)=N[C@@H](CC(=O)NCCn1cccc1)c1nnc(C)n1-2.Cc1sc2c(c1C)C(c1ccc(Cl)cc1)=N[C@@H](CNC(=O)CCN1CCOCC1)c1nnc(C)n1-2.Cc1sc2c(c1C)C(c1ccc(Cl)cc1)=N[C@@H](CNC(=O)CCn1cccc1)c1nnc(C)n1-2. The van der Waals surface area contributed by atoms with Crippen molar-refractivity contribution >= 4 is 104 Å². The van der Waals surface area contributed by atoms with Gasteiger partial charge in [0.1, 0.15) is 50.6 Å². The van der Waals surface area contributed by atoms with Gasteiger partial charge in [-0.2, -0.15) is 0 Å². The van der Waals surface area contributed by atoms with Crippen molar-refractivity contribution < 1.29 is 19.1 Å². The van der Waals surface area contributed by atoms with Crippen LogP contribution in [0.25, 0.3) is 15.0 Å². The molecule has 3 aromatic carbocycles. The molecule has 0 radical (unpaired) electrons. The van der Waals surface area contributed by atoms with Gasteiger partial charge in [0, 0.05) is 153 Å². The maximum absolute atomic E-state index is 12.9. The summed E-state index contributed by atoms with van der Waals surface area (Å²) in [5.74, 6) is 4.46. The summed E-state index contributed by atoms with van der Waals surface area (Å²) >= 11 is 23.6. The van der Waals surface area contributed by atoms with E-state index in [1.165, 1.54) is 31.3 Å². The minimum Gasteiger partial charge on any atom is -0.379 e. The van der Waals surface area contributed by atoms with Gasteiger partial charge in [-0.05, 0) is 140 Å². The monoisotopic (exact) mass is 1500 g/mol. The summed E-state index contributed by atoms with van der Waals surface area (Å²) in [7, 11) is 0. The third-order valence-corrected chi connectivity index (χ3v) is 23.1. The van der Waals surface area contributed by atoms with Crippen LogP contribution in [0.15, 0.2) is 137 Å². The Kier molecular flexibility index (Phi) is 22.4. The maximum atomic E-state index is 12.9. The number of aliphatic imine (C=N–C) groups is 3. The van der Waals surface area contributed by atoms with Crippen molar-refractivity contribution in [3.8, 4) is 15.0 Å². The number of rotatable bonds is 18. The Balaban J connectivity index is 0.000000138. The molecule has 3 atom stereocenters. The Morgan fingerprint density at radius 1 is 0.447 bits per heavy atom. The van der Waals surface area contributed by atoms with E-state index >= 15 is 0 Å². The van der Waals surface area contributed by atoms with E-state index < -0.39 is 6.04 Å². The Morgan fingerprint density at radius 3 is 1.18 bits per heavy atom. The first-order valence-corrected chi connectivity index (χ1v) is 37.8. The molecule has 11 aromatic rings. The van der Waals surface area contributed by atoms with Crippen LogP contribution in [0.4, 0.5) is 0 Å². The van der Waals surface area contributed by atoms with Gasteiger partial charge in [0.25, 0.3) is 0 Å². The van der Waals surface area contributed by atoms with Crippen LogP contribution in [0.5, 0.6) is 0 Å². The number of morpholine rings is 1. The average Bonchev–Trinajstić information content (AvgIpc) is 1.61. The fourth-order valence-corrected chi connectivity index (χ4v) is 16.9. The van der Waals surface area contributed by atoms with Gasteiger partial charge < -0.3 is 29.8 Å². The largest absolute Gasteiger partial charge is 0.379 e. The first-order valence-electron chi connectivity index (χ1n) is 34.2. The van der Waals surface area contributed by atoms with Crippen molar-refractivity contribution in [2.24, 2.45) is 15.0 Å². The van der Waals surface area contributed by atoms with E-state index in [0.717, 1.165) is 127 Å². The number of nitrogens with one attached hydrogen (secondary N) is 3. The summed E-state index contributed by atoms with van der Waals surface area (Å²) in [6.07, 6.45) is 8.89. The van der Waals surface area contributed by atoms with E-state index in [-0.39, 0.29) is 36.2 Å². The van der Waals surface area contributed by atoms with Crippen molar-refractivity contribution in [1.29, 1.82) is 0 Å². The predicted octanol–water partition coefficient (Wildman–Crippen LogP) is 13.3. The first-order chi connectivity index (χ1) is 49.8. The molecule has 532 valence electrons. The van der Waals surface area contributed by atoms with E-state index in [1.807, 2.05) is 152 Å². The summed E-state index contributed by atoms with van der Waals surface area (Å²) < 4.78 is 15.7. The van der Waals surface area contributed by atoms with Crippen LogP contribution in [-0.2, 0) is 32.2 Å². The molecule has 22 nitrogen and oxygen atoms in total. The number of nitrogens with zero attached hydrogens (tertiary/aromatic N) is 15. The Bertz CT molecular complexity index is 4980. The number of thiophene rings is 3. The minimum atomic E-state index is -0.460. The molecule has 4 aliphatic heterocycles. The summed E-state index contributed by atoms with van der Waals surface area (Å²) in [4.78, 5) is 59.7. The fourth-order valence-electron chi connectivity index (χ4n) is 12.9. The average molecular weight is 1500 g/mol. The Morgan fingerprint density at radius 2 is 0.796 bits per heavy atom. The zero-order valence-corrected chi connectivity index (χ0v) is 63.4. The zero-order chi connectivity index (χ0) is 72.2. The van der Waals surface area contributed by atoms with Crippen molar-refractivity contribution in [3.63, 3.8) is 0 Å². The van der Waals surface area contributed by atoms with Crippen LogP contribution in [-0.4, -0.2) is 146 Å². The van der Waals surface area contributed by atoms with Crippen LogP contribution in [0.1, 0.15) is 137 Å². The number of halogens is 3. The van der Waals surface area contributed by atoms with Gasteiger partial charge in [0.15, 0.2) is 17.5 Å². The topological polar surface area (TPSA) is 239 Å². The second-order valence-corrected chi connectivity index (χ2v) is 30.6. The van der Waals surface area contributed by atoms with Crippen LogP contribution in [0.3, 0.4) is 0 Å². The van der Waals surface area contributed by atoms with Gasteiger partial charge in [-0.1, -0.05) is 71.2 Å². The number of fused-ring (bicyclic) bond motifs is 9. The smallest absolute Gasteiger partial charge is 0.222 e. The molecule has 1 saturated heterocycles. The number of carbonyl (C=O) groups is 3. The number of aryl methyl sites for hydroxylation is 7. The second kappa shape index (κ2) is 31.9. The predicted molar refractivity (Wildman–Crippen MR) is 409 cm³/mol. The van der Waals surface area contributed by atoms with Gasteiger partial charge in [-0.3, -0.25) is 48.0 Å². The van der Waals surface area contributed by atoms with Crippen LogP contribution in [0.2, 0.25) is 15.1 Å². The summed E-state index contributed by atoms with van der Waals surface area (Å²) in [5.41, 5.74) is 12.3. The van der Waals surface area contributed by atoms with Gasteiger partial charge in [0.2, 0.25) is 17.7 Å². The molecule has 3 N–H and O–H groups in total. The van der Waals surface area contributed by atoms with Crippen LogP contribution >= 0.6 is 68.8 Å². The first kappa shape index (κ1) is 72.3. The van der Waals surface area contributed by atoms with Gasteiger partial charge >= 0.3 is 0 Å². The molecule has 0 bridgehead atoms. The highest BCUT2D eigenvalue weighted by Gasteiger charge is 2.36. The minimum absolute atomic E-state index is 0.00793. The van der Waals surface area contributed by atoms with E-state index in [0.29, 0.717) is 66.5 Å². The van der Waals surface area contributed by atoms with Crippen molar-refractivity contribution in [1.82, 2.24) is 74.3 Å². The number of benzene rings is 3. The van der Waals surface area contributed by atoms with E-state index in [1.54, 1.807) is 34.0 Å². The lowest BCUT2D eigenvalue weighted by Crippen LogP contribution is -2.39. The molecule has 8 aromatic heterocycles. The Hall–Kier alpha value is -9.05. The lowest BCUT2D eigenvalue weighted by molar-refractivity contribution is -0.122.